The van der Waals surface area contributed by atoms with Crippen LogP contribution in [0.15, 0.2) is 60.0 Å². The van der Waals surface area contributed by atoms with Gasteiger partial charge >= 0.3 is 0 Å². The van der Waals surface area contributed by atoms with Crippen LogP contribution in [0.2, 0.25) is 0 Å². The standard InChI is InChI=1S/C25H26N2O3S/c1-18-26-21(17-31-18)16-30-23-10-5-19(6-11-23)7-14-25(28)27-15-3-4-24(27)20-8-12-22(29-2)13-9-20/h5-14,17,24H,3-4,15-16H2,1-2H3/b14-7+. The first kappa shape index (κ1) is 21.1. The Balaban J connectivity index is 1.35. The molecule has 5 nitrogen and oxygen atoms in total. The van der Waals surface area contributed by atoms with Crippen molar-refractivity contribution in [2.45, 2.75) is 32.4 Å². The lowest BCUT2D eigenvalue weighted by molar-refractivity contribution is -0.126. The molecule has 2 aromatic carbocycles. The van der Waals surface area contributed by atoms with Gasteiger partial charge in [0.2, 0.25) is 5.91 Å². The van der Waals surface area contributed by atoms with Gasteiger partial charge in [-0.3, -0.25) is 4.79 Å². The van der Waals surface area contributed by atoms with Gasteiger partial charge in [-0.05, 0) is 61.2 Å². The van der Waals surface area contributed by atoms with Gasteiger partial charge in [-0.25, -0.2) is 4.98 Å². The second kappa shape index (κ2) is 9.79. The van der Waals surface area contributed by atoms with Crippen LogP contribution >= 0.6 is 11.3 Å². The first-order chi connectivity index (χ1) is 15.1. The van der Waals surface area contributed by atoms with Gasteiger partial charge in [0.05, 0.1) is 23.9 Å². The monoisotopic (exact) mass is 434 g/mol. The first-order valence-corrected chi connectivity index (χ1v) is 11.3. The van der Waals surface area contributed by atoms with Crippen LogP contribution in [0.5, 0.6) is 11.5 Å². The summed E-state index contributed by atoms with van der Waals surface area (Å²) in [6.07, 6.45) is 5.52. The maximum atomic E-state index is 12.8. The molecule has 1 aliphatic rings. The Labute approximate surface area is 187 Å². The van der Waals surface area contributed by atoms with Gasteiger partial charge in [0.25, 0.3) is 0 Å². The van der Waals surface area contributed by atoms with Gasteiger partial charge < -0.3 is 14.4 Å². The molecule has 4 rings (SSSR count). The highest BCUT2D eigenvalue weighted by Crippen LogP contribution is 2.33. The largest absolute Gasteiger partial charge is 0.497 e. The number of nitrogens with zero attached hydrogens (tertiary/aromatic N) is 2. The fraction of sp³-hybridized carbons (Fsp3) is 0.280. The molecule has 1 unspecified atom stereocenters. The molecular weight excluding hydrogens is 408 g/mol. The number of hydrogen-bond acceptors (Lipinski definition) is 5. The molecule has 160 valence electrons. The molecule has 0 spiro atoms. The fourth-order valence-electron chi connectivity index (χ4n) is 3.77. The lowest BCUT2D eigenvalue weighted by Crippen LogP contribution is -2.28. The Morgan fingerprint density at radius 3 is 2.58 bits per heavy atom. The number of carbonyl (C=O) groups is 1. The number of aromatic nitrogens is 1. The zero-order valence-electron chi connectivity index (χ0n) is 17.8. The fourth-order valence-corrected chi connectivity index (χ4v) is 4.37. The highest BCUT2D eigenvalue weighted by atomic mass is 32.1. The van der Waals surface area contributed by atoms with Crippen LogP contribution in [0, 0.1) is 6.92 Å². The van der Waals surface area contributed by atoms with E-state index in [1.54, 1.807) is 24.5 Å². The summed E-state index contributed by atoms with van der Waals surface area (Å²) in [7, 11) is 1.66. The maximum absolute atomic E-state index is 12.8. The summed E-state index contributed by atoms with van der Waals surface area (Å²) in [5, 5.41) is 3.05. The summed E-state index contributed by atoms with van der Waals surface area (Å²) in [4.78, 5) is 19.2. The van der Waals surface area contributed by atoms with Crippen molar-refractivity contribution in [3.05, 3.63) is 81.8 Å². The third-order valence-corrected chi connectivity index (χ3v) is 6.21. The van der Waals surface area contributed by atoms with Crippen LogP contribution in [0.3, 0.4) is 0 Å². The Hall–Kier alpha value is -3.12. The molecule has 0 radical (unpaired) electrons. The zero-order valence-corrected chi connectivity index (χ0v) is 18.6. The summed E-state index contributed by atoms with van der Waals surface area (Å²) >= 11 is 1.62. The normalized spacial score (nSPS) is 16.1. The van der Waals surface area contributed by atoms with E-state index in [4.69, 9.17) is 9.47 Å². The highest BCUT2D eigenvalue weighted by molar-refractivity contribution is 7.09. The lowest BCUT2D eigenvalue weighted by Gasteiger charge is -2.24. The van der Waals surface area contributed by atoms with Crippen molar-refractivity contribution in [3.63, 3.8) is 0 Å². The van der Waals surface area contributed by atoms with Gasteiger partial charge in [0.1, 0.15) is 18.1 Å². The molecule has 31 heavy (non-hydrogen) atoms. The topological polar surface area (TPSA) is 51.7 Å². The predicted molar refractivity (Wildman–Crippen MR) is 123 cm³/mol. The van der Waals surface area contributed by atoms with Crippen molar-refractivity contribution < 1.29 is 14.3 Å². The summed E-state index contributed by atoms with van der Waals surface area (Å²) < 4.78 is 11.0. The van der Waals surface area contributed by atoms with Crippen LogP contribution in [0.1, 0.15) is 40.7 Å². The van der Waals surface area contributed by atoms with Crippen molar-refractivity contribution in [1.82, 2.24) is 9.88 Å². The van der Waals surface area contributed by atoms with E-state index in [1.807, 2.05) is 71.8 Å². The summed E-state index contributed by atoms with van der Waals surface area (Å²) in [5.74, 6) is 1.65. The smallest absolute Gasteiger partial charge is 0.247 e. The minimum Gasteiger partial charge on any atom is -0.497 e. The van der Waals surface area contributed by atoms with Crippen molar-refractivity contribution in [2.24, 2.45) is 0 Å². The van der Waals surface area contributed by atoms with Crippen LogP contribution in [0.4, 0.5) is 0 Å². The highest BCUT2D eigenvalue weighted by Gasteiger charge is 2.28. The number of aryl methyl sites for hydroxylation is 1. The average Bonchev–Trinajstić information content (AvgIpc) is 3.46. The number of likely N-dealkylation sites (tertiary alicyclic amines) is 1. The van der Waals surface area contributed by atoms with E-state index in [0.717, 1.165) is 52.7 Å². The Kier molecular flexibility index (Phi) is 6.67. The molecule has 1 aliphatic heterocycles. The quantitative estimate of drug-likeness (QED) is 0.466. The Morgan fingerprint density at radius 1 is 1.16 bits per heavy atom. The van der Waals surface area contributed by atoms with E-state index in [-0.39, 0.29) is 11.9 Å². The van der Waals surface area contributed by atoms with Gasteiger partial charge in [0.15, 0.2) is 0 Å². The number of benzene rings is 2. The number of amides is 1. The van der Waals surface area contributed by atoms with Crippen LogP contribution in [-0.4, -0.2) is 29.4 Å². The second-order valence-corrected chi connectivity index (χ2v) is 8.57. The van der Waals surface area contributed by atoms with Gasteiger partial charge in [-0.2, -0.15) is 0 Å². The molecule has 6 heteroatoms. The second-order valence-electron chi connectivity index (χ2n) is 7.51. The number of hydrogen-bond donors (Lipinski definition) is 0. The molecule has 1 atom stereocenters. The molecule has 0 N–H and O–H groups in total. The Morgan fingerprint density at radius 2 is 1.90 bits per heavy atom. The van der Waals surface area contributed by atoms with E-state index in [9.17, 15) is 4.79 Å². The van der Waals surface area contributed by atoms with Crippen molar-refractivity contribution in [3.8, 4) is 11.5 Å². The van der Waals surface area contributed by atoms with Crippen molar-refractivity contribution in [2.75, 3.05) is 13.7 Å². The number of carbonyl (C=O) groups excluding carboxylic acids is 1. The number of thiazole rings is 1. The minimum atomic E-state index is 0.0394. The maximum Gasteiger partial charge on any atom is 0.247 e. The van der Waals surface area contributed by atoms with Gasteiger partial charge in [-0.1, -0.05) is 24.3 Å². The van der Waals surface area contributed by atoms with Crippen molar-refractivity contribution >= 4 is 23.3 Å². The molecule has 1 aromatic heterocycles. The summed E-state index contributed by atoms with van der Waals surface area (Å²) in [6, 6.07) is 15.9. The molecule has 1 fully saturated rings. The molecular formula is C25H26N2O3S. The molecule has 3 aromatic rings. The van der Waals surface area contributed by atoms with E-state index < -0.39 is 0 Å². The predicted octanol–water partition coefficient (Wildman–Crippen LogP) is 5.42. The molecule has 0 aliphatic carbocycles. The van der Waals surface area contributed by atoms with Gasteiger partial charge in [-0.15, -0.1) is 11.3 Å². The van der Waals surface area contributed by atoms with Crippen molar-refractivity contribution in [1.29, 1.82) is 0 Å². The van der Waals surface area contributed by atoms with E-state index in [1.165, 1.54) is 0 Å². The molecule has 0 saturated carbocycles. The Bertz CT molecular complexity index is 1040. The van der Waals surface area contributed by atoms with Crippen LogP contribution < -0.4 is 9.47 Å². The summed E-state index contributed by atoms with van der Waals surface area (Å²) in [5.41, 5.74) is 3.05. The lowest BCUT2D eigenvalue weighted by atomic mass is 10.0. The number of methoxy groups -OCH3 is 1. The third-order valence-electron chi connectivity index (χ3n) is 5.39. The first-order valence-electron chi connectivity index (χ1n) is 10.4. The number of rotatable bonds is 7. The number of ether oxygens (including phenoxy) is 2. The average molecular weight is 435 g/mol. The van der Waals surface area contributed by atoms with Crippen LogP contribution in [-0.2, 0) is 11.4 Å². The molecule has 0 bridgehead atoms. The van der Waals surface area contributed by atoms with E-state index in [2.05, 4.69) is 4.98 Å². The molecule has 2 heterocycles. The minimum absolute atomic E-state index is 0.0394. The van der Waals surface area contributed by atoms with Crippen LogP contribution in [0.25, 0.3) is 6.08 Å². The molecule has 1 saturated heterocycles. The van der Waals surface area contributed by atoms with E-state index in [0.29, 0.717) is 6.61 Å². The SMILES string of the molecule is COc1ccc(C2CCCN2C(=O)/C=C/c2ccc(OCc3csc(C)n3)cc2)cc1. The zero-order chi connectivity index (χ0) is 21.6. The summed E-state index contributed by atoms with van der Waals surface area (Å²) in [6.45, 7) is 3.22. The van der Waals surface area contributed by atoms with E-state index >= 15 is 0 Å². The molecule has 1 amide bonds. The third kappa shape index (κ3) is 5.33. The van der Waals surface area contributed by atoms with Gasteiger partial charge in [0, 0.05) is 18.0 Å².